The van der Waals surface area contributed by atoms with Gasteiger partial charge in [0, 0.05) is 25.3 Å². The molecular formula is C20H24N2O7S2. The summed E-state index contributed by atoms with van der Waals surface area (Å²) in [6.45, 7) is 3.12. The van der Waals surface area contributed by atoms with Crippen LogP contribution in [0.3, 0.4) is 0 Å². The fourth-order valence-electron chi connectivity index (χ4n) is 3.51. The maximum Gasteiger partial charge on any atom is 0.269 e. The van der Waals surface area contributed by atoms with Gasteiger partial charge in [-0.05, 0) is 30.2 Å². The van der Waals surface area contributed by atoms with Gasteiger partial charge >= 0.3 is 0 Å². The molecule has 1 saturated heterocycles. The number of amides is 1. The molecule has 0 bridgehead atoms. The van der Waals surface area contributed by atoms with Crippen LogP contribution in [-0.2, 0) is 31.3 Å². The van der Waals surface area contributed by atoms with E-state index >= 15 is 0 Å². The van der Waals surface area contributed by atoms with Crippen molar-refractivity contribution in [2.45, 2.75) is 11.3 Å². The molecule has 2 heterocycles. The van der Waals surface area contributed by atoms with Gasteiger partial charge in [-0.25, -0.2) is 12.7 Å². The molecule has 1 N–H and O–H groups in total. The lowest BCUT2D eigenvalue weighted by Crippen LogP contribution is -2.37. The van der Waals surface area contributed by atoms with Gasteiger partial charge < -0.3 is 9.64 Å². The van der Waals surface area contributed by atoms with Crippen molar-refractivity contribution in [3.05, 3.63) is 59.7 Å². The van der Waals surface area contributed by atoms with Gasteiger partial charge in [-0.2, -0.15) is 8.42 Å². The fraction of sp³-hybridized carbons (Fsp3) is 0.350. The van der Waals surface area contributed by atoms with Crippen LogP contribution in [0.2, 0.25) is 0 Å². The summed E-state index contributed by atoms with van der Waals surface area (Å²) in [5, 5.41) is 0. The van der Waals surface area contributed by atoms with Crippen molar-refractivity contribution in [1.29, 1.82) is 0 Å². The highest BCUT2D eigenvalue weighted by molar-refractivity contribution is 7.90. The van der Waals surface area contributed by atoms with Crippen molar-refractivity contribution in [2.75, 3.05) is 44.0 Å². The maximum absolute atomic E-state index is 12.7. The van der Waals surface area contributed by atoms with Crippen LogP contribution >= 0.6 is 0 Å². The Labute approximate surface area is 182 Å². The lowest BCUT2D eigenvalue weighted by Gasteiger charge is -2.31. The lowest BCUT2D eigenvalue weighted by atomic mass is 10.1. The Kier molecular flexibility index (Phi) is 6.99. The van der Waals surface area contributed by atoms with Crippen molar-refractivity contribution in [2.24, 2.45) is 0 Å². The van der Waals surface area contributed by atoms with E-state index < -0.39 is 26.0 Å². The van der Waals surface area contributed by atoms with Crippen molar-refractivity contribution >= 4 is 31.7 Å². The van der Waals surface area contributed by atoms with E-state index in [2.05, 4.69) is 4.90 Å². The molecule has 11 heteroatoms. The van der Waals surface area contributed by atoms with Crippen LogP contribution in [0, 0.1) is 0 Å². The normalized spacial score (nSPS) is 17.7. The van der Waals surface area contributed by atoms with Crippen LogP contribution in [0.15, 0.2) is 53.4 Å². The number of carbonyl (C=O) groups is 1. The Bertz CT molecular complexity index is 1150. The first-order chi connectivity index (χ1) is 14.6. The number of benzene rings is 2. The molecule has 0 spiro atoms. The second-order valence-corrected chi connectivity index (χ2v) is 10.4. The minimum absolute atomic E-state index is 0.103. The second kappa shape index (κ2) is 9.35. The third kappa shape index (κ3) is 5.62. The molecule has 0 aromatic heterocycles. The lowest BCUT2D eigenvalue weighted by molar-refractivity contribution is 0.0872. The van der Waals surface area contributed by atoms with E-state index in [1.807, 2.05) is 24.3 Å². The summed E-state index contributed by atoms with van der Waals surface area (Å²) in [6.07, 6.45) is 1.19. The van der Waals surface area contributed by atoms with Gasteiger partial charge in [0.05, 0.1) is 25.0 Å². The number of hydrogen-bond acceptors (Lipinski definition) is 7. The van der Waals surface area contributed by atoms with Gasteiger partial charge in [-0.1, -0.05) is 30.3 Å². The molecule has 1 amide bonds. The van der Waals surface area contributed by atoms with Crippen LogP contribution in [0.5, 0.6) is 0 Å². The highest BCUT2D eigenvalue weighted by Crippen LogP contribution is 2.31. The highest BCUT2D eigenvalue weighted by Gasteiger charge is 2.40. The standard InChI is InChI=1S/C19H20N2O4S.CH4O3S/c22-19-16-6-2-4-8-18(16)26(23,24)21(19)10-9-15-5-1-3-7-17(15)20-11-13-25-14-12-20;1-5(2,3)4/h1-8H,9-14H2;1H3,(H,2,3,4). The first-order valence-electron chi connectivity index (χ1n) is 9.58. The van der Waals surface area contributed by atoms with Gasteiger partial charge in [-0.15, -0.1) is 0 Å². The molecule has 2 aliphatic rings. The van der Waals surface area contributed by atoms with Gasteiger partial charge in [0.25, 0.3) is 26.0 Å². The zero-order valence-electron chi connectivity index (χ0n) is 17.0. The van der Waals surface area contributed by atoms with Crippen molar-refractivity contribution in [3.63, 3.8) is 0 Å². The smallest absolute Gasteiger partial charge is 0.269 e. The molecule has 1 fully saturated rings. The molecule has 2 aromatic carbocycles. The molecule has 9 nitrogen and oxygen atoms in total. The van der Waals surface area contributed by atoms with Crippen molar-refractivity contribution in [1.82, 2.24) is 4.31 Å². The number of carbonyl (C=O) groups excluding carboxylic acids is 1. The van der Waals surface area contributed by atoms with Crippen LogP contribution in [0.1, 0.15) is 15.9 Å². The second-order valence-electron chi connectivity index (χ2n) is 7.09. The van der Waals surface area contributed by atoms with Crippen molar-refractivity contribution in [3.8, 4) is 0 Å². The van der Waals surface area contributed by atoms with Gasteiger partial charge in [0.2, 0.25) is 0 Å². The van der Waals surface area contributed by atoms with Gasteiger partial charge in [0.1, 0.15) is 4.90 Å². The average Bonchev–Trinajstić information content (AvgIpc) is 2.92. The van der Waals surface area contributed by atoms with E-state index in [9.17, 15) is 21.6 Å². The molecule has 2 aromatic rings. The molecule has 31 heavy (non-hydrogen) atoms. The molecule has 0 aliphatic carbocycles. The Morgan fingerprint density at radius 2 is 1.61 bits per heavy atom. The summed E-state index contributed by atoms with van der Waals surface area (Å²) in [4.78, 5) is 14.9. The van der Waals surface area contributed by atoms with E-state index in [0.717, 1.165) is 28.6 Å². The fourth-order valence-corrected chi connectivity index (χ4v) is 5.08. The summed E-state index contributed by atoms with van der Waals surface area (Å²) in [7, 11) is -7.42. The largest absolute Gasteiger partial charge is 0.378 e. The summed E-state index contributed by atoms with van der Waals surface area (Å²) >= 11 is 0. The number of rotatable bonds is 4. The quantitative estimate of drug-likeness (QED) is 0.669. The Balaban J connectivity index is 0.000000491. The zero-order chi connectivity index (χ0) is 22.6. The summed E-state index contributed by atoms with van der Waals surface area (Å²) in [6, 6.07) is 14.3. The van der Waals surface area contributed by atoms with Gasteiger partial charge in [-0.3, -0.25) is 9.35 Å². The topological polar surface area (TPSA) is 121 Å². The van der Waals surface area contributed by atoms with E-state index in [1.165, 1.54) is 6.07 Å². The first-order valence-corrected chi connectivity index (χ1v) is 12.9. The number of nitrogens with zero attached hydrogens (tertiary/aromatic N) is 2. The predicted molar refractivity (Wildman–Crippen MR) is 115 cm³/mol. The molecule has 0 saturated carbocycles. The van der Waals surface area contributed by atoms with Crippen LogP contribution in [-0.4, -0.2) is 70.7 Å². The van der Waals surface area contributed by atoms with E-state index in [4.69, 9.17) is 9.29 Å². The van der Waals surface area contributed by atoms with Gasteiger partial charge in [0.15, 0.2) is 0 Å². The Morgan fingerprint density at radius 3 is 2.26 bits per heavy atom. The average molecular weight is 469 g/mol. The molecular weight excluding hydrogens is 444 g/mol. The third-order valence-electron chi connectivity index (χ3n) is 4.84. The summed E-state index contributed by atoms with van der Waals surface area (Å²) < 4.78 is 57.6. The summed E-state index contributed by atoms with van der Waals surface area (Å²) in [5.74, 6) is -0.440. The van der Waals surface area contributed by atoms with Crippen LogP contribution in [0.4, 0.5) is 5.69 Å². The minimum Gasteiger partial charge on any atom is -0.378 e. The zero-order valence-corrected chi connectivity index (χ0v) is 18.6. The Hall–Kier alpha value is -2.47. The van der Waals surface area contributed by atoms with E-state index in [-0.39, 0.29) is 17.0 Å². The number of fused-ring (bicyclic) bond motifs is 1. The highest BCUT2D eigenvalue weighted by atomic mass is 32.2. The molecule has 4 rings (SSSR count). The number of sulfonamides is 1. The Morgan fingerprint density at radius 1 is 1.03 bits per heavy atom. The van der Waals surface area contributed by atoms with E-state index in [1.54, 1.807) is 18.2 Å². The maximum atomic E-state index is 12.7. The summed E-state index contributed by atoms with van der Waals surface area (Å²) in [5.41, 5.74) is 2.37. The molecule has 2 aliphatic heterocycles. The monoisotopic (exact) mass is 468 g/mol. The molecule has 0 atom stereocenters. The molecule has 0 unspecified atom stereocenters. The number of anilines is 1. The SMILES string of the molecule is CS(=O)(=O)O.O=C1c2ccccc2S(=O)(=O)N1CCc1ccccc1N1CCOCC1. The van der Waals surface area contributed by atoms with Crippen LogP contribution in [0.25, 0.3) is 0 Å². The van der Waals surface area contributed by atoms with E-state index in [0.29, 0.717) is 25.9 Å². The number of ether oxygens (including phenoxy) is 1. The number of morpholine rings is 1. The number of hydrogen-bond donors (Lipinski definition) is 1. The third-order valence-corrected chi connectivity index (χ3v) is 6.68. The predicted octanol–water partition coefficient (Wildman–Crippen LogP) is 1.41. The van der Waals surface area contributed by atoms with Crippen LogP contribution < -0.4 is 4.90 Å². The molecule has 0 radical (unpaired) electrons. The first kappa shape index (κ1) is 23.2. The minimum atomic E-state index is -3.75. The molecule has 168 valence electrons. The van der Waals surface area contributed by atoms with Crippen molar-refractivity contribution < 1.29 is 30.9 Å². The number of para-hydroxylation sites is 1.